The van der Waals surface area contributed by atoms with Crippen LogP contribution in [0.5, 0.6) is 0 Å². The average molecular weight is 282 g/mol. The lowest BCUT2D eigenvalue weighted by Gasteiger charge is -2.11. The molecule has 2 aromatic rings. The van der Waals surface area contributed by atoms with Gasteiger partial charge in [0.05, 0.1) is 0 Å². The summed E-state index contributed by atoms with van der Waals surface area (Å²) in [6, 6.07) is 13.6. The summed E-state index contributed by atoms with van der Waals surface area (Å²) in [6.07, 6.45) is 0. The van der Waals surface area contributed by atoms with Crippen LogP contribution in [0.15, 0.2) is 42.5 Å². The zero-order valence-electron chi connectivity index (χ0n) is 13.0. The largest absolute Gasteiger partial charge is 0.323 e. The second-order valence-electron chi connectivity index (χ2n) is 5.66. The van der Waals surface area contributed by atoms with Gasteiger partial charge in [0.25, 0.3) is 0 Å². The fourth-order valence-electron chi connectivity index (χ4n) is 2.09. The number of amides is 2. The molecule has 0 spiro atoms. The van der Waals surface area contributed by atoms with E-state index in [1.54, 1.807) is 0 Å². The van der Waals surface area contributed by atoms with Crippen LogP contribution in [0.3, 0.4) is 0 Å². The van der Waals surface area contributed by atoms with E-state index >= 15 is 0 Å². The maximum atomic E-state index is 12.0. The number of benzene rings is 2. The third kappa shape index (κ3) is 4.09. The Morgan fingerprint density at radius 2 is 1.57 bits per heavy atom. The van der Waals surface area contributed by atoms with Crippen LogP contribution in [0.4, 0.5) is 16.2 Å². The van der Waals surface area contributed by atoms with Crippen molar-refractivity contribution in [3.63, 3.8) is 0 Å². The minimum Gasteiger partial charge on any atom is -0.308 e. The quantitative estimate of drug-likeness (QED) is 0.810. The van der Waals surface area contributed by atoms with Crippen molar-refractivity contribution in [2.45, 2.75) is 33.6 Å². The first-order valence-corrected chi connectivity index (χ1v) is 7.21. The smallest absolute Gasteiger partial charge is 0.308 e. The molecule has 0 aliphatic heterocycles. The molecule has 0 radical (unpaired) electrons. The van der Waals surface area contributed by atoms with Crippen molar-refractivity contribution in [2.24, 2.45) is 0 Å². The highest BCUT2D eigenvalue weighted by atomic mass is 16.2. The molecule has 0 saturated carbocycles. The van der Waals surface area contributed by atoms with Crippen LogP contribution in [-0.2, 0) is 0 Å². The highest BCUT2D eigenvalue weighted by Gasteiger charge is 2.05. The number of aryl methyl sites for hydroxylation is 2. The third-order valence-corrected chi connectivity index (χ3v) is 3.58. The van der Waals surface area contributed by atoms with Crippen molar-refractivity contribution in [1.29, 1.82) is 0 Å². The van der Waals surface area contributed by atoms with Gasteiger partial charge in [-0.3, -0.25) is 0 Å². The maximum absolute atomic E-state index is 12.0. The second-order valence-corrected chi connectivity index (χ2v) is 5.66. The molecule has 2 amide bonds. The average Bonchev–Trinajstić information content (AvgIpc) is 2.43. The first-order valence-electron chi connectivity index (χ1n) is 7.21. The van der Waals surface area contributed by atoms with Crippen molar-refractivity contribution in [1.82, 2.24) is 0 Å². The van der Waals surface area contributed by atoms with E-state index in [9.17, 15) is 4.79 Å². The number of anilines is 2. The number of hydrogen-bond donors (Lipinski definition) is 2. The van der Waals surface area contributed by atoms with E-state index in [-0.39, 0.29) is 6.03 Å². The SMILES string of the molecule is Cc1ccc(NC(=O)Nc2cccc(C(C)C)c2)cc1C. The van der Waals surface area contributed by atoms with Gasteiger partial charge in [-0.1, -0.05) is 32.0 Å². The van der Waals surface area contributed by atoms with E-state index in [2.05, 4.69) is 37.5 Å². The van der Waals surface area contributed by atoms with E-state index in [0.29, 0.717) is 5.92 Å². The first kappa shape index (κ1) is 15.1. The van der Waals surface area contributed by atoms with Crippen LogP contribution in [0.2, 0.25) is 0 Å². The summed E-state index contributed by atoms with van der Waals surface area (Å²) >= 11 is 0. The molecule has 2 aromatic carbocycles. The molecule has 0 unspecified atom stereocenters. The van der Waals surface area contributed by atoms with E-state index in [4.69, 9.17) is 0 Å². The van der Waals surface area contributed by atoms with Gasteiger partial charge in [-0.2, -0.15) is 0 Å². The third-order valence-electron chi connectivity index (χ3n) is 3.58. The number of carbonyl (C=O) groups excluding carboxylic acids is 1. The molecule has 0 aliphatic carbocycles. The molecule has 0 saturated heterocycles. The van der Waals surface area contributed by atoms with Crippen molar-refractivity contribution in [2.75, 3.05) is 10.6 Å². The van der Waals surface area contributed by atoms with Gasteiger partial charge >= 0.3 is 6.03 Å². The zero-order chi connectivity index (χ0) is 15.4. The Morgan fingerprint density at radius 1 is 0.905 bits per heavy atom. The van der Waals surface area contributed by atoms with Crippen molar-refractivity contribution in [3.8, 4) is 0 Å². The maximum Gasteiger partial charge on any atom is 0.323 e. The minimum atomic E-state index is -0.223. The molecular formula is C18H22N2O. The number of nitrogens with one attached hydrogen (secondary N) is 2. The Hall–Kier alpha value is -2.29. The molecule has 0 fully saturated rings. The minimum absolute atomic E-state index is 0.223. The summed E-state index contributed by atoms with van der Waals surface area (Å²) < 4.78 is 0. The number of hydrogen-bond acceptors (Lipinski definition) is 1. The molecule has 0 aromatic heterocycles. The zero-order valence-corrected chi connectivity index (χ0v) is 13.0. The topological polar surface area (TPSA) is 41.1 Å². The van der Waals surface area contributed by atoms with Crippen molar-refractivity contribution >= 4 is 17.4 Å². The lowest BCUT2D eigenvalue weighted by Crippen LogP contribution is -2.19. The van der Waals surface area contributed by atoms with Crippen LogP contribution < -0.4 is 10.6 Å². The molecule has 110 valence electrons. The molecule has 3 nitrogen and oxygen atoms in total. The van der Waals surface area contributed by atoms with Crippen LogP contribution >= 0.6 is 0 Å². The van der Waals surface area contributed by atoms with Crippen LogP contribution in [-0.4, -0.2) is 6.03 Å². The lowest BCUT2D eigenvalue weighted by molar-refractivity contribution is 0.262. The molecule has 3 heteroatoms. The predicted molar refractivity (Wildman–Crippen MR) is 89.1 cm³/mol. The molecular weight excluding hydrogens is 260 g/mol. The van der Waals surface area contributed by atoms with Gasteiger partial charge in [-0.05, 0) is 60.7 Å². The van der Waals surface area contributed by atoms with Crippen molar-refractivity contribution in [3.05, 3.63) is 59.2 Å². The van der Waals surface area contributed by atoms with Gasteiger partial charge in [-0.15, -0.1) is 0 Å². The van der Waals surface area contributed by atoms with Gasteiger partial charge in [0, 0.05) is 11.4 Å². The molecule has 0 heterocycles. The number of carbonyl (C=O) groups is 1. The fourth-order valence-corrected chi connectivity index (χ4v) is 2.09. The number of urea groups is 1. The summed E-state index contributed by atoms with van der Waals surface area (Å²) in [7, 11) is 0. The molecule has 0 atom stereocenters. The van der Waals surface area contributed by atoms with Crippen molar-refractivity contribution < 1.29 is 4.79 Å². The molecule has 0 aliphatic rings. The van der Waals surface area contributed by atoms with Crippen LogP contribution in [0, 0.1) is 13.8 Å². The number of rotatable bonds is 3. The summed E-state index contributed by atoms with van der Waals surface area (Å²) in [5, 5.41) is 5.73. The summed E-state index contributed by atoms with van der Waals surface area (Å²) in [6.45, 7) is 8.35. The van der Waals surface area contributed by atoms with Crippen LogP contribution in [0.1, 0.15) is 36.5 Å². The van der Waals surface area contributed by atoms with E-state index in [1.165, 1.54) is 11.1 Å². The Labute approximate surface area is 126 Å². The standard InChI is InChI=1S/C18H22N2O/c1-12(2)15-6-5-7-16(11-15)19-18(21)20-17-9-8-13(3)14(4)10-17/h5-12H,1-4H3,(H2,19,20,21). The van der Waals surface area contributed by atoms with Crippen LogP contribution in [0.25, 0.3) is 0 Å². The Morgan fingerprint density at radius 3 is 2.19 bits per heavy atom. The highest BCUT2D eigenvalue weighted by Crippen LogP contribution is 2.19. The van der Waals surface area contributed by atoms with E-state index < -0.39 is 0 Å². The molecule has 2 rings (SSSR count). The molecule has 2 N–H and O–H groups in total. The van der Waals surface area contributed by atoms with Gasteiger partial charge in [0.15, 0.2) is 0 Å². The van der Waals surface area contributed by atoms with Gasteiger partial charge in [-0.25, -0.2) is 4.79 Å². The predicted octanol–water partition coefficient (Wildman–Crippen LogP) is 5.07. The Balaban J connectivity index is 2.04. The summed E-state index contributed by atoms with van der Waals surface area (Å²) in [4.78, 5) is 12.0. The second kappa shape index (κ2) is 6.44. The Kier molecular flexibility index (Phi) is 4.63. The van der Waals surface area contributed by atoms with Gasteiger partial charge < -0.3 is 10.6 Å². The summed E-state index contributed by atoms with van der Waals surface area (Å²) in [5.41, 5.74) is 5.19. The Bertz CT molecular complexity index is 647. The monoisotopic (exact) mass is 282 g/mol. The molecule has 0 bridgehead atoms. The van der Waals surface area contributed by atoms with E-state index in [1.807, 2.05) is 43.3 Å². The normalized spacial score (nSPS) is 10.5. The van der Waals surface area contributed by atoms with E-state index in [0.717, 1.165) is 16.9 Å². The first-order chi connectivity index (χ1) is 9.95. The van der Waals surface area contributed by atoms with Gasteiger partial charge in [0.1, 0.15) is 0 Å². The highest BCUT2D eigenvalue weighted by molar-refractivity contribution is 5.99. The summed E-state index contributed by atoms with van der Waals surface area (Å²) in [5.74, 6) is 0.439. The van der Waals surface area contributed by atoms with Gasteiger partial charge in [0.2, 0.25) is 0 Å². The lowest BCUT2D eigenvalue weighted by atomic mass is 10.0. The molecule has 21 heavy (non-hydrogen) atoms. The fraction of sp³-hybridized carbons (Fsp3) is 0.278.